The van der Waals surface area contributed by atoms with Crippen LogP contribution in [0.3, 0.4) is 0 Å². The van der Waals surface area contributed by atoms with Gasteiger partial charge in [0.05, 0.1) is 5.69 Å². The van der Waals surface area contributed by atoms with Crippen molar-refractivity contribution in [3.8, 4) is 0 Å². The van der Waals surface area contributed by atoms with Gasteiger partial charge in [-0.05, 0) is 25.8 Å². The molecule has 1 saturated heterocycles. The number of hydrogen-bond donors (Lipinski definition) is 0. The van der Waals surface area contributed by atoms with E-state index in [0.29, 0.717) is 50.4 Å². The Balaban J connectivity index is 1.53. The number of amides is 1. The molecule has 148 valence electrons. The molecule has 0 radical (unpaired) electrons. The zero-order valence-corrected chi connectivity index (χ0v) is 16.2. The number of aromatic nitrogens is 4. The number of piperazine rings is 1. The van der Waals surface area contributed by atoms with Crippen LogP contribution in [0.25, 0.3) is 0 Å². The lowest BCUT2D eigenvalue weighted by molar-refractivity contribution is -0.138. The molecular formula is C16H21F3N6OS. The summed E-state index contributed by atoms with van der Waals surface area (Å²) in [4.78, 5) is 16.0. The van der Waals surface area contributed by atoms with E-state index in [4.69, 9.17) is 0 Å². The fraction of sp³-hybridized carbons (Fsp3) is 0.625. The predicted molar refractivity (Wildman–Crippen MR) is 94.7 cm³/mol. The molecule has 1 amide bonds. The molecule has 0 saturated carbocycles. The summed E-state index contributed by atoms with van der Waals surface area (Å²) in [5.41, 5.74) is 3.09. The monoisotopic (exact) mass is 402 g/mol. The maximum absolute atomic E-state index is 12.6. The second kappa shape index (κ2) is 7.45. The van der Waals surface area contributed by atoms with Crippen LogP contribution in [0.1, 0.15) is 28.4 Å². The van der Waals surface area contributed by atoms with Crippen LogP contribution in [-0.2, 0) is 24.4 Å². The minimum atomic E-state index is -4.48. The van der Waals surface area contributed by atoms with Crippen molar-refractivity contribution in [3.63, 3.8) is 0 Å². The number of carbonyl (C=O) groups is 1. The molecule has 0 unspecified atom stereocenters. The minimum Gasteiger partial charge on any atom is -0.343 e. The predicted octanol–water partition coefficient (Wildman–Crippen LogP) is 2.19. The fourth-order valence-corrected chi connectivity index (χ4v) is 3.94. The molecule has 1 aliphatic heterocycles. The van der Waals surface area contributed by atoms with E-state index in [9.17, 15) is 18.0 Å². The van der Waals surface area contributed by atoms with Gasteiger partial charge in [-0.2, -0.15) is 18.3 Å². The van der Waals surface area contributed by atoms with Crippen molar-refractivity contribution in [2.45, 2.75) is 32.9 Å². The average Bonchev–Trinajstić information content (AvgIpc) is 3.19. The first kappa shape index (κ1) is 19.6. The van der Waals surface area contributed by atoms with Crippen molar-refractivity contribution in [2.75, 3.05) is 31.1 Å². The number of hydrogen-bond acceptors (Lipinski definition) is 6. The quantitative estimate of drug-likeness (QED) is 0.784. The highest BCUT2D eigenvalue weighted by atomic mass is 32.1. The van der Waals surface area contributed by atoms with Gasteiger partial charge < -0.3 is 9.80 Å². The van der Waals surface area contributed by atoms with E-state index < -0.39 is 11.2 Å². The molecule has 2 aromatic heterocycles. The Bertz CT molecular complexity index is 823. The van der Waals surface area contributed by atoms with Gasteiger partial charge in [0.2, 0.25) is 16.0 Å². The standard InChI is InChI=1S/C16H21F3N6OS/c1-10-12(11(2)23(3)22-10)4-5-13(26)24-6-8-25(9-7-24)15-21-20-14(27-15)16(17,18)19/h4-9H2,1-3H3. The molecule has 11 heteroatoms. The molecular weight excluding hydrogens is 381 g/mol. The molecule has 0 bridgehead atoms. The first-order valence-corrected chi connectivity index (χ1v) is 9.41. The average molecular weight is 402 g/mol. The molecule has 3 heterocycles. The highest BCUT2D eigenvalue weighted by Crippen LogP contribution is 2.34. The second-order valence-electron chi connectivity index (χ2n) is 6.53. The lowest BCUT2D eigenvalue weighted by Gasteiger charge is -2.34. The number of nitrogens with zero attached hydrogens (tertiary/aromatic N) is 6. The Kier molecular flexibility index (Phi) is 5.41. The molecule has 0 spiro atoms. The van der Waals surface area contributed by atoms with E-state index in [1.165, 1.54) is 0 Å². The lowest BCUT2D eigenvalue weighted by Crippen LogP contribution is -2.48. The van der Waals surface area contributed by atoms with Crippen molar-refractivity contribution < 1.29 is 18.0 Å². The first-order valence-electron chi connectivity index (χ1n) is 8.59. The van der Waals surface area contributed by atoms with Crippen molar-refractivity contribution in [2.24, 2.45) is 7.05 Å². The summed E-state index contributed by atoms with van der Waals surface area (Å²) in [7, 11) is 1.88. The zero-order valence-electron chi connectivity index (χ0n) is 15.4. The van der Waals surface area contributed by atoms with E-state index in [1.807, 2.05) is 25.6 Å². The van der Waals surface area contributed by atoms with Crippen LogP contribution in [0.2, 0.25) is 0 Å². The van der Waals surface area contributed by atoms with Crippen LogP contribution < -0.4 is 4.90 Å². The number of anilines is 1. The minimum absolute atomic E-state index is 0.0468. The van der Waals surface area contributed by atoms with Gasteiger partial charge in [0, 0.05) is 45.3 Å². The molecule has 2 aromatic rings. The molecule has 0 N–H and O–H groups in total. The van der Waals surface area contributed by atoms with E-state index in [-0.39, 0.29) is 11.0 Å². The molecule has 0 aliphatic carbocycles. The van der Waals surface area contributed by atoms with Gasteiger partial charge in [0.1, 0.15) is 0 Å². The van der Waals surface area contributed by atoms with Crippen molar-refractivity contribution in [3.05, 3.63) is 22.0 Å². The molecule has 1 fully saturated rings. The number of halogens is 3. The Labute approximate surface area is 158 Å². The van der Waals surface area contributed by atoms with Crippen molar-refractivity contribution in [1.29, 1.82) is 0 Å². The highest BCUT2D eigenvalue weighted by Gasteiger charge is 2.36. The molecule has 1 aliphatic rings. The number of rotatable bonds is 4. The van der Waals surface area contributed by atoms with E-state index in [1.54, 1.807) is 9.80 Å². The summed E-state index contributed by atoms with van der Waals surface area (Å²) in [6, 6.07) is 0. The number of aryl methyl sites for hydroxylation is 2. The largest absolute Gasteiger partial charge is 0.445 e. The fourth-order valence-electron chi connectivity index (χ4n) is 3.17. The van der Waals surface area contributed by atoms with E-state index >= 15 is 0 Å². The smallest absolute Gasteiger partial charge is 0.343 e. The first-order chi connectivity index (χ1) is 12.7. The maximum Gasteiger partial charge on any atom is 0.445 e. The van der Waals surface area contributed by atoms with Gasteiger partial charge in [0.15, 0.2) is 0 Å². The number of alkyl halides is 3. The van der Waals surface area contributed by atoms with Gasteiger partial charge in [-0.1, -0.05) is 11.3 Å². The van der Waals surface area contributed by atoms with Crippen molar-refractivity contribution in [1.82, 2.24) is 24.9 Å². The Morgan fingerprint density at radius 2 is 1.81 bits per heavy atom. The van der Waals surface area contributed by atoms with E-state index in [0.717, 1.165) is 17.0 Å². The van der Waals surface area contributed by atoms with Crippen LogP contribution in [0, 0.1) is 13.8 Å². The molecule has 0 aromatic carbocycles. The summed E-state index contributed by atoms with van der Waals surface area (Å²) in [6.45, 7) is 5.74. The third-order valence-corrected chi connectivity index (χ3v) is 5.84. The van der Waals surface area contributed by atoms with Crippen molar-refractivity contribution >= 4 is 22.4 Å². The molecule has 7 nitrogen and oxygen atoms in total. The number of carbonyl (C=O) groups excluding carboxylic acids is 1. The van der Waals surface area contributed by atoms with Crippen LogP contribution in [0.5, 0.6) is 0 Å². The summed E-state index contributed by atoms with van der Waals surface area (Å²) < 4.78 is 39.8. The van der Waals surface area contributed by atoms with Gasteiger partial charge >= 0.3 is 6.18 Å². The van der Waals surface area contributed by atoms with E-state index in [2.05, 4.69) is 15.3 Å². The third-order valence-electron chi connectivity index (χ3n) is 4.81. The third kappa shape index (κ3) is 4.23. The summed E-state index contributed by atoms with van der Waals surface area (Å²) in [6.07, 6.45) is -3.45. The Hall–Kier alpha value is -2.17. The lowest BCUT2D eigenvalue weighted by atomic mass is 10.1. The SMILES string of the molecule is Cc1nn(C)c(C)c1CCC(=O)N1CCN(c2nnc(C(F)(F)F)s2)CC1. The molecule has 3 rings (SSSR count). The molecule has 0 atom stereocenters. The second-order valence-corrected chi connectivity index (χ2v) is 7.48. The normalized spacial score (nSPS) is 15.5. The topological polar surface area (TPSA) is 67.2 Å². The molecule has 27 heavy (non-hydrogen) atoms. The van der Waals surface area contributed by atoms with Gasteiger partial charge in [-0.3, -0.25) is 9.48 Å². The van der Waals surface area contributed by atoms with Gasteiger partial charge in [0.25, 0.3) is 0 Å². The van der Waals surface area contributed by atoms with Crippen LogP contribution in [0.15, 0.2) is 0 Å². The summed E-state index contributed by atoms with van der Waals surface area (Å²) >= 11 is 0.535. The van der Waals surface area contributed by atoms with Crippen LogP contribution in [0.4, 0.5) is 18.3 Å². The summed E-state index contributed by atoms with van der Waals surface area (Å²) in [5, 5.41) is 10.5. The van der Waals surface area contributed by atoms with Crippen LogP contribution in [-0.4, -0.2) is 57.0 Å². The maximum atomic E-state index is 12.6. The van der Waals surface area contributed by atoms with Crippen LogP contribution >= 0.6 is 11.3 Å². The summed E-state index contributed by atoms with van der Waals surface area (Å²) in [5.74, 6) is 0.0468. The highest BCUT2D eigenvalue weighted by molar-refractivity contribution is 7.15. The zero-order chi connectivity index (χ0) is 19.8. The van der Waals surface area contributed by atoms with Gasteiger partial charge in [-0.15, -0.1) is 10.2 Å². The van der Waals surface area contributed by atoms with Gasteiger partial charge in [-0.25, -0.2) is 0 Å². The Morgan fingerprint density at radius 3 is 2.33 bits per heavy atom. The Morgan fingerprint density at radius 1 is 1.15 bits per heavy atom.